The van der Waals surface area contributed by atoms with Crippen LogP contribution in [-0.2, 0) is 20.7 Å². The third-order valence-electron chi connectivity index (χ3n) is 8.67. The molecule has 4 unspecified atom stereocenters. The van der Waals surface area contributed by atoms with Crippen molar-refractivity contribution in [1.82, 2.24) is 10.3 Å². The van der Waals surface area contributed by atoms with Gasteiger partial charge in [0, 0.05) is 18.5 Å². The normalized spacial score (nSPS) is 24.9. The number of nitrogens with one attached hydrogen (secondary N) is 1. The van der Waals surface area contributed by atoms with Crippen LogP contribution in [0.1, 0.15) is 97.6 Å². The minimum Gasteiger partial charge on any atom is -0.466 e. The van der Waals surface area contributed by atoms with E-state index in [0.29, 0.717) is 18.9 Å². The van der Waals surface area contributed by atoms with Crippen molar-refractivity contribution in [2.75, 3.05) is 13.7 Å². The summed E-state index contributed by atoms with van der Waals surface area (Å²) in [5.74, 6) is 0.223. The summed E-state index contributed by atoms with van der Waals surface area (Å²) in [6.07, 6.45) is 16.9. The lowest BCUT2D eigenvalue weighted by atomic mass is 9.75. The Hall–Kier alpha value is -3.00. The molecule has 4 atom stereocenters. The number of nitrogens with zero attached hydrogens (tertiary/aromatic N) is 1. The molecule has 1 aromatic carbocycles. The van der Waals surface area contributed by atoms with E-state index in [2.05, 4.69) is 10.3 Å². The van der Waals surface area contributed by atoms with Crippen molar-refractivity contribution in [1.29, 1.82) is 0 Å². The highest BCUT2D eigenvalue weighted by Crippen LogP contribution is 2.50. The van der Waals surface area contributed by atoms with E-state index in [9.17, 15) is 14.0 Å². The summed E-state index contributed by atoms with van der Waals surface area (Å²) in [5.41, 5.74) is 1.81. The monoisotopic (exact) mass is 538 g/mol. The average molecular weight is 539 g/mol. The van der Waals surface area contributed by atoms with Gasteiger partial charge in [0.2, 0.25) is 5.89 Å². The molecule has 2 aliphatic heterocycles. The molecule has 210 valence electrons. The molecule has 39 heavy (non-hydrogen) atoms. The molecule has 3 fully saturated rings. The second kappa shape index (κ2) is 12.9. The Morgan fingerprint density at radius 2 is 1.95 bits per heavy atom. The zero-order valence-electron chi connectivity index (χ0n) is 22.7. The van der Waals surface area contributed by atoms with E-state index < -0.39 is 5.97 Å². The largest absolute Gasteiger partial charge is 0.466 e. The van der Waals surface area contributed by atoms with Gasteiger partial charge in [-0.25, -0.2) is 14.2 Å². The van der Waals surface area contributed by atoms with Crippen LogP contribution in [0.2, 0.25) is 0 Å². The lowest BCUT2D eigenvalue weighted by Gasteiger charge is -2.26. The van der Waals surface area contributed by atoms with Gasteiger partial charge in [-0.05, 0) is 60.9 Å². The summed E-state index contributed by atoms with van der Waals surface area (Å²) >= 11 is 0. The molecule has 1 saturated carbocycles. The number of halogens is 1. The van der Waals surface area contributed by atoms with Crippen molar-refractivity contribution < 1.29 is 27.9 Å². The molecule has 2 saturated heterocycles. The number of ether oxygens (including phenoxy) is 2. The third kappa shape index (κ3) is 6.78. The highest BCUT2D eigenvalue weighted by molar-refractivity contribution is 5.91. The number of oxazole rings is 1. The van der Waals surface area contributed by atoms with E-state index in [1.165, 1.54) is 70.1 Å². The van der Waals surface area contributed by atoms with Gasteiger partial charge in [0.1, 0.15) is 12.1 Å². The maximum atomic E-state index is 14.2. The number of carbonyl (C=O) groups is 2. The Kier molecular flexibility index (Phi) is 9.12. The summed E-state index contributed by atoms with van der Waals surface area (Å²) < 4.78 is 31.0. The molecular formula is C31H39FN2O5. The van der Waals surface area contributed by atoms with Crippen LogP contribution in [0.25, 0.3) is 6.08 Å². The minimum atomic E-state index is -0.471. The summed E-state index contributed by atoms with van der Waals surface area (Å²) in [5, 5.41) is 2.99. The Balaban J connectivity index is 1.21. The Morgan fingerprint density at radius 1 is 1.13 bits per heavy atom. The van der Waals surface area contributed by atoms with Crippen molar-refractivity contribution >= 4 is 18.0 Å². The van der Waals surface area contributed by atoms with Crippen LogP contribution in [0.4, 0.5) is 4.39 Å². The number of esters is 1. The molecule has 2 aromatic rings. The van der Waals surface area contributed by atoms with Crippen molar-refractivity contribution in [2.24, 2.45) is 11.8 Å². The van der Waals surface area contributed by atoms with E-state index >= 15 is 0 Å². The fourth-order valence-electron chi connectivity index (χ4n) is 6.64. The van der Waals surface area contributed by atoms with Crippen molar-refractivity contribution in [3.63, 3.8) is 0 Å². The molecule has 0 radical (unpaired) electrons. The molecule has 1 N–H and O–H groups in total. The first kappa shape index (κ1) is 27.6. The van der Waals surface area contributed by atoms with E-state index in [1.807, 2.05) is 0 Å². The molecule has 7 nitrogen and oxygen atoms in total. The van der Waals surface area contributed by atoms with Crippen molar-refractivity contribution in [2.45, 2.75) is 88.8 Å². The van der Waals surface area contributed by atoms with Gasteiger partial charge >= 0.3 is 5.97 Å². The van der Waals surface area contributed by atoms with Crippen molar-refractivity contribution in [3.05, 3.63) is 59.1 Å². The number of hydrogen-bond acceptors (Lipinski definition) is 6. The number of rotatable bonds is 11. The van der Waals surface area contributed by atoms with E-state index in [0.717, 1.165) is 42.7 Å². The van der Waals surface area contributed by atoms with Gasteiger partial charge in [-0.2, -0.15) is 0 Å². The first-order valence-electron chi connectivity index (χ1n) is 14.5. The number of fused-ring (bicyclic) bond motifs is 2. The summed E-state index contributed by atoms with van der Waals surface area (Å²) in [4.78, 5) is 28.9. The van der Waals surface area contributed by atoms with Gasteiger partial charge in [-0.1, -0.05) is 51.0 Å². The van der Waals surface area contributed by atoms with Crippen LogP contribution in [-0.4, -0.2) is 42.7 Å². The summed E-state index contributed by atoms with van der Waals surface area (Å²) in [7, 11) is 1.32. The Morgan fingerprint density at radius 3 is 2.77 bits per heavy atom. The lowest BCUT2D eigenvalue weighted by molar-refractivity contribution is -0.134. The smallest absolute Gasteiger partial charge is 0.330 e. The number of unbranched alkanes of at least 4 members (excludes halogenated alkanes) is 1. The average Bonchev–Trinajstić information content (AvgIpc) is 3.70. The van der Waals surface area contributed by atoms with Gasteiger partial charge in [0.15, 0.2) is 5.69 Å². The minimum absolute atomic E-state index is 0.00837. The van der Waals surface area contributed by atoms with E-state index in [4.69, 9.17) is 13.9 Å². The Labute approximate surface area is 229 Å². The number of aromatic nitrogens is 1. The van der Waals surface area contributed by atoms with Gasteiger partial charge in [0.25, 0.3) is 5.91 Å². The van der Waals surface area contributed by atoms with E-state index in [1.54, 1.807) is 12.1 Å². The molecule has 5 rings (SSSR count). The molecule has 0 spiro atoms. The number of hydrogen-bond donors (Lipinski definition) is 1. The molecule has 3 aliphatic rings. The molecule has 1 aliphatic carbocycles. The van der Waals surface area contributed by atoms with Crippen LogP contribution in [0.3, 0.4) is 0 Å². The number of benzene rings is 1. The quantitative estimate of drug-likeness (QED) is 0.215. The number of methoxy groups -OCH3 is 1. The van der Waals surface area contributed by atoms with Gasteiger partial charge in [-0.3, -0.25) is 4.79 Å². The van der Waals surface area contributed by atoms with Crippen LogP contribution >= 0.6 is 0 Å². The molecule has 1 aromatic heterocycles. The Bertz CT molecular complexity index is 1170. The standard InChI is InChI=1S/C31H39FN2O5/c1-37-28(35)15-11-21-10-12-23(32)17-22(21)18-24-26-13-14-27(39-26)29(24)31-34-25(19-38-31)30(36)33-16-6-5-9-20-7-3-2-4-8-20/h10-12,15,17,19-20,24,26-27,29H,2-9,13-14,16,18H2,1H3,(H,33,36)/b15-11+. The summed E-state index contributed by atoms with van der Waals surface area (Å²) in [6.45, 7) is 0.634. The van der Waals surface area contributed by atoms with Crippen LogP contribution in [0.5, 0.6) is 0 Å². The number of amides is 1. The fourth-order valence-corrected chi connectivity index (χ4v) is 6.64. The fraction of sp³-hybridized carbons (Fsp3) is 0.581. The van der Waals surface area contributed by atoms with Gasteiger partial charge in [-0.15, -0.1) is 0 Å². The first-order chi connectivity index (χ1) is 19.0. The second-order valence-corrected chi connectivity index (χ2v) is 11.2. The molecule has 1 amide bonds. The van der Waals surface area contributed by atoms with Crippen LogP contribution in [0, 0.1) is 17.7 Å². The highest BCUT2D eigenvalue weighted by Gasteiger charge is 2.51. The molecular weight excluding hydrogens is 499 g/mol. The zero-order chi connectivity index (χ0) is 27.2. The topological polar surface area (TPSA) is 90.7 Å². The third-order valence-corrected chi connectivity index (χ3v) is 8.67. The maximum Gasteiger partial charge on any atom is 0.330 e. The molecule has 8 heteroatoms. The predicted octanol–water partition coefficient (Wildman–Crippen LogP) is 5.98. The second-order valence-electron chi connectivity index (χ2n) is 11.2. The first-order valence-corrected chi connectivity index (χ1v) is 14.5. The van der Waals surface area contributed by atoms with Gasteiger partial charge in [0.05, 0.1) is 25.2 Å². The van der Waals surface area contributed by atoms with Crippen molar-refractivity contribution in [3.8, 4) is 0 Å². The molecule has 3 heterocycles. The summed E-state index contributed by atoms with van der Waals surface area (Å²) in [6, 6.07) is 4.54. The van der Waals surface area contributed by atoms with Crippen LogP contribution in [0.15, 0.2) is 35.0 Å². The predicted molar refractivity (Wildman–Crippen MR) is 145 cm³/mol. The van der Waals surface area contributed by atoms with E-state index in [-0.39, 0.29) is 41.5 Å². The molecule has 2 bridgehead atoms. The lowest BCUT2D eigenvalue weighted by Crippen LogP contribution is -2.28. The highest BCUT2D eigenvalue weighted by atomic mass is 19.1. The SMILES string of the molecule is COC(=O)/C=C/c1ccc(F)cc1CC1C2CCC(O2)C1c1nc(C(=O)NCCCCC2CCCCC2)co1. The maximum absolute atomic E-state index is 14.2. The van der Waals surface area contributed by atoms with Gasteiger partial charge < -0.3 is 19.2 Å². The zero-order valence-corrected chi connectivity index (χ0v) is 22.7. The van der Waals surface area contributed by atoms with Crippen LogP contribution < -0.4 is 5.32 Å². The number of carbonyl (C=O) groups excluding carboxylic acids is 2.